The zero-order valence-electron chi connectivity index (χ0n) is 18.3. The van der Waals surface area contributed by atoms with Crippen molar-refractivity contribution in [2.75, 3.05) is 39.3 Å². The van der Waals surface area contributed by atoms with E-state index >= 15 is 0 Å². The molecule has 160 valence electrons. The number of fused-ring (bicyclic) bond motifs is 1. The summed E-state index contributed by atoms with van der Waals surface area (Å²) in [5, 5.41) is 4.01. The van der Waals surface area contributed by atoms with Gasteiger partial charge in [-0.05, 0) is 24.0 Å². The molecule has 2 heterocycles. The Hall–Kier alpha value is -3.09. The number of carbonyl (C=O) groups is 2. The van der Waals surface area contributed by atoms with Gasteiger partial charge in [0.05, 0.1) is 7.11 Å². The van der Waals surface area contributed by atoms with Crippen molar-refractivity contribution < 1.29 is 19.2 Å². The van der Waals surface area contributed by atoms with Crippen LogP contribution in [0.4, 0.5) is 5.69 Å². The lowest BCUT2D eigenvalue weighted by atomic mass is 9.91. The number of oxime groups is 1. The Labute approximate surface area is 177 Å². The lowest BCUT2D eigenvalue weighted by Crippen LogP contribution is -2.29. The minimum Gasteiger partial charge on any atom is -0.465 e. The standard InChI is InChI=1S/C23H29N3O4/c1-15(2)10-12-26-13-11-16(17-8-6-7-9-19(17)26)14-18-20(23(28)29-4)22(27)25(3)21(18)24-30-5/h6-9,11,15H,10,12-14H2,1-5H3/b24-21-. The van der Waals surface area contributed by atoms with Crippen molar-refractivity contribution >= 4 is 29.0 Å². The van der Waals surface area contributed by atoms with E-state index in [0.29, 0.717) is 23.7 Å². The molecule has 0 unspecified atom stereocenters. The van der Waals surface area contributed by atoms with Gasteiger partial charge in [-0.25, -0.2) is 4.79 Å². The van der Waals surface area contributed by atoms with Crippen molar-refractivity contribution in [3.63, 3.8) is 0 Å². The second-order valence-corrected chi connectivity index (χ2v) is 7.86. The first-order valence-corrected chi connectivity index (χ1v) is 10.1. The number of hydrogen-bond acceptors (Lipinski definition) is 6. The van der Waals surface area contributed by atoms with Gasteiger partial charge >= 0.3 is 5.97 Å². The van der Waals surface area contributed by atoms with Gasteiger partial charge in [0, 0.05) is 43.4 Å². The van der Waals surface area contributed by atoms with Crippen molar-refractivity contribution in [3.8, 4) is 0 Å². The molecule has 7 nitrogen and oxygen atoms in total. The Morgan fingerprint density at radius 1 is 1.23 bits per heavy atom. The molecule has 0 atom stereocenters. The fourth-order valence-electron chi connectivity index (χ4n) is 3.82. The third-order valence-corrected chi connectivity index (χ3v) is 5.47. The molecule has 0 aliphatic carbocycles. The van der Waals surface area contributed by atoms with E-state index in [1.54, 1.807) is 7.05 Å². The minimum absolute atomic E-state index is 0.0106. The Morgan fingerprint density at radius 2 is 1.97 bits per heavy atom. The van der Waals surface area contributed by atoms with Gasteiger partial charge < -0.3 is 14.5 Å². The molecule has 0 saturated carbocycles. The highest BCUT2D eigenvalue weighted by atomic mass is 16.6. The Morgan fingerprint density at radius 3 is 2.63 bits per heavy atom. The van der Waals surface area contributed by atoms with Gasteiger partial charge in [0.2, 0.25) is 0 Å². The normalized spacial score (nSPS) is 17.6. The summed E-state index contributed by atoms with van der Waals surface area (Å²) in [6.07, 6.45) is 3.66. The molecule has 2 aliphatic rings. The number of hydrogen-bond donors (Lipinski definition) is 0. The summed E-state index contributed by atoms with van der Waals surface area (Å²) in [5.41, 5.74) is 3.85. The SMILES string of the molecule is CO/N=C1/C(CC2=CCN(CCC(C)C)c3ccccc32)=C(C(=O)OC)C(=O)N1C. The molecule has 7 heteroatoms. The summed E-state index contributed by atoms with van der Waals surface area (Å²) >= 11 is 0. The molecule has 30 heavy (non-hydrogen) atoms. The van der Waals surface area contributed by atoms with Crippen molar-refractivity contribution in [2.45, 2.75) is 26.7 Å². The molecule has 0 N–H and O–H groups in total. The first-order chi connectivity index (χ1) is 14.4. The maximum Gasteiger partial charge on any atom is 0.343 e. The third-order valence-electron chi connectivity index (χ3n) is 5.47. The predicted molar refractivity (Wildman–Crippen MR) is 117 cm³/mol. The number of likely N-dealkylation sites (N-methyl/N-ethyl adjacent to an activating group) is 1. The van der Waals surface area contributed by atoms with E-state index in [1.165, 1.54) is 24.8 Å². The van der Waals surface area contributed by atoms with E-state index in [2.05, 4.69) is 42.1 Å². The number of carbonyl (C=O) groups excluding carboxylic acids is 2. The summed E-state index contributed by atoms with van der Waals surface area (Å²) in [5.74, 6) is -0.131. The maximum absolute atomic E-state index is 12.7. The summed E-state index contributed by atoms with van der Waals surface area (Å²) in [4.78, 5) is 33.7. The number of esters is 1. The molecular formula is C23H29N3O4. The first kappa shape index (κ1) is 21.6. The van der Waals surface area contributed by atoms with E-state index in [1.807, 2.05) is 12.1 Å². The largest absolute Gasteiger partial charge is 0.465 e. The lowest BCUT2D eigenvalue weighted by Gasteiger charge is -2.31. The highest BCUT2D eigenvalue weighted by Crippen LogP contribution is 2.37. The second-order valence-electron chi connectivity index (χ2n) is 7.86. The monoisotopic (exact) mass is 411 g/mol. The van der Waals surface area contributed by atoms with Crippen molar-refractivity contribution in [1.82, 2.24) is 4.90 Å². The number of amidine groups is 1. The number of methoxy groups -OCH3 is 1. The zero-order chi connectivity index (χ0) is 21.8. The fraction of sp³-hybridized carbons (Fsp3) is 0.435. The van der Waals surface area contributed by atoms with Crippen LogP contribution < -0.4 is 4.90 Å². The molecule has 0 bridgehead atoms. The Balaban J connectivity index is 1.99. The average Bonchev–Trinajstić information content (AvgIpc) is 2.97. The third kappa shape index (κ3) is 4.10. The Kier molecular flexibility index (Phi) is 6.59. The zero-order valence-corrected chi connectivity index (χ0v) is 18.3. The second kappa shape index (κ2) is 9.15. The molecule has 0 radical (unpaired) electrons. The molecule has 1 amide bonds. The summed E-state index contributed by atoms with van der Waals surface area (Å²) in [6.45, 7) is 6.21. The number of nitrogens with zero attached hydrogens (tertiary/aromatic N) is 3. The van der Waals surface area contributed by atoms with Gasteiger partial charge in [-0.15, -0.1) is 0 Å². The number of benzene rings is 1. The molecular weight excluding hydrogens is 382 g/mol. The van der Waals surface area contributed by atoms with Crippen LogP contribution in [0.5, 0.6) is 0 Å². The van der Waals surface area contributed by atoms with Crippen LogP contribution in [0.25, 0.3) is 5.57 Å². The van der Waals surface area contributed by atoms with Crippen LogP contribution in [-0.2, 0) is 19.2 Å². The van der Waals surface area contributed by atoms with Gasteiger partial charge in [-0.2, -0.15) is 0 Å². The van der Waals surface area contributed by atoms with Crippen LogP contribution in [0, 0.1) is 5.92 Å². The number of amides is 1. The topological polar surface area (TPSA) is 71.4 Å². The van der Waals surface area contributed by atoms with E-state index in [-0.39, 0.29) is 5.57 Å². The van der Waals surface area contributed by atoms with Gasteiger partial charge in [-0.3, -0.25) is 9.69 Å². The summed E-state index contributed by atoms with van der Waals surface area (Å²) < 4.78 is 4.87. The lowest BCUT2D eigenvalue weighted by molar-refractivity contribution is -0.138. The molecule has 0 spiro atoms. The number of ether oxygens (including phenoxy) is 1. The first-order valence-electron chi connectivity index (χ1n) is 10.1. The van der Waals surface area contributed by atoms with Crippen LogP contribution in [0.3, 0.4) is 0 Å². The van der Waals surface area contributed by atoms with Crippen LogP contribution in [-0.4, -0.2) is 57.0 Å². The average molecular weight is 412 g/mol. The van der Waals surface area contributed by atoms with Crippen molar-refractivity contribution in [1.29, 1.82) is 0 Å². The highest BCUT2D eigenvalue weighted by Gasteiger charge is 2.39. The summed E-state index contributed by atoms with van der Waals surface area (Å²) in [6, 6.07) is 8.24. The number of rotatable bonds is 7. The Bertz CT molecular complexity index is 930. The van der Waals surface area contributed by atoms with Crippen LogP contribution in [0.1, 0.15) is 32.3 Å². The van der Waals surface area contributed by atoms with Crippen LogP contribution >= 0.6 is 0 Å². The molecule has 0 aromatic heterocycles. The van der Waals surface area contributed by atoms with Crippen LogP contribution in [0.15, 0.2) is 46.6 Å². The van der Waals surface area contributed by atoms with Crippen LogP contribution in [0.2, 0.25) is 0 Å². The summed E-state index contributed by atoms with van der Waals surface area (Å²) in [7, 11) is 4.27. The molecule has 0 saturated heterocycles. The highest BCUT2D eigenvalue weighted by molar-refractivity contribution is 6.32. The van der Waals surface area contributed by atoms with E-state index < -0.39 is 11.9 Å². The predicted octanol–water partition coefficient (Wildman–Crippen LogP) is 3.23. The van der Waals surface area contributed by atoms with Crippen molar-refractivity contribution in [3.05, 3.63) is 47.1 Å². The molecule has 1 aromatic rings. The van der Waals surface area contributed by atoms with Gasteiger partial charge in [0.15, 0.2) is 5.84 Å². The maximum atomic E-state index is 12.7. The molecule has 0 fully saturated rings. The number of allylic oxidation sites excluding steroid dienone is 1. The fourth-order valence-corrected chi connectivity index (χ4v) is 3.82. The molecule has 1 aromatic carbocycles. The van der Waals surface area contributed by atoms with E-state index in [4.69, 9.17) is 9.57 Å². The van der Waals surface area contributed by atoms with Gasteiger partial charge in [-0.1, -0.05) is 43.3 Å². The number of anilines is 1. The minimum atomic E-state index is -0.661. The molecule has 2 aliphatic heterocycles. The molecule has 3 rings (SSSR count). The van der Waals surface area contributed by atoms with E-state index in [0.717, 1.165) is 30.6 Å². The van der Waals surface area contributed by atoms with Crippen molar-refractivity contribution in [2.24, 2.45) is 11.1 Å². The van der Waals surface area contributed by atoms with Gasteiger partial charge in [0.1, 0.15) is 12.7 Å². The van der Waals surface area contributed by atoms with E-state index in [9.17, 15) is 9.59 Å². The number of para-hydroxylation sites is 1. The smallest absolute Gasteiger partial charge is 0.343 e. The quantitative estimate of drug-likeness (QED) is 0.391. The van der Waals surface area contributed by atoms with Gasteiger partial charge in [0.25, 0.3) is 5.91 Å².